The fraction of sp³-hybridized carbons (Fsp3) is 0.0435. The first-order valence-corrected chi connectivity index (χ1v) is 9.40. The van der Waals surface area contributed by atoms with Crippen molar-refractivity contribution in [1.82, 2.24) is 4.90 Å². The molecule has 3 aromatic rings. The highest BCUT2D eigenvalue weighted by Crippen LogP contribution is 2.25. The van der Waals surface area contributed by atoms with Gasteiger partial charge in [0.1, 0.15) is 11.6 Å². The Kier molecular flexibility index (Phi) is 5.23. The molecule has 3 aromatic carbocycles. The lowest BCUT2D eigenvalue weighted by Crippen LogP contribution is -2.29. The number of amides is 4. The van der Waals surface area contributed by atoms with Gasteiger partial charge >= 0.3 is 0 Å². The van der Waals surface area contributed by atoms with Crippen LogP contribution in [0.15, 0.2) is 60.7 Å². The van der Waals surface area contributed by atoms with E-state index in [2.05, 4.69) is 5.32 Å². The first-order valence-electron chi connectivity index (χ1n) is 9.40. The molecule has 7 nitrogen and oxygen atoms in total. The minimum atomic E-state index is -1.13. The summed E-state index contributed by atoms with van der Waals surface area (Å²) in [6.07, 6.45) is 0. The Labute approximate surface area is 180 Å². The van der Waals surface area contributed by atoms with E-state index in [1.807, 2.05) is 0 Å². The van der Waals surface area contributed by atoms with Crippen molar-refractivity contribution in [2.45, 2.75) is 6.54 Å². The van der Waals surface area contributed by atoms with Crippen molar-refractivity contribution in [3.63, 3.8) is 0 Å². The molecule has 4 rings (SSSR count). The Bertz CT molecular complexity index is 1250. The van der Waals surface area contributed by atoms with Gasteiger partial charge in [0.05, 0.1) is 28.9 Å². The van der Waals surface area contributed by atoms with E-state index >= 15 is 0 Å². The maximum Gasteiger partial charge on any atom is 0.261 e. The Balaban J connectivity index is 1.48. The predicted octanol–water partition coefficient (Wildman–Crippen LogP) is 3.11. The van der Waals surface area contributed by atoms with Gasteiger partial charge in [0, 0.05) is 11.6 Å². The summed E-state index contributed by atoms with van der Waals surface area (Å²) in [7, 11) is 0. The summed E-state index contributed by atoms with van der Waals surface area (Å²) < 4.78 is 27.6. The first kappa shape index (κ1) is 20.9. The molecule has 1 aliphatic heterocycles. The van der Waals surface area contributed by atoms with Gasteiger partial charge in [0.15, 0.2) is 0 Å². The molecular formula is C23H15F2N3O4. The Morgan fingerprint density at radius 1 is 0.875 bits per heavy atom. The lowest BCUT2D eigenvalue weighted by Gasteiger charge is -2.14. The van der Waals surface area contributed by atoms with Crippen LogP contribution < -0.4 is 11.1 Å². The van der Waals surface area contributed by atoms with Crippen molar-refractivity contribution >= 4 is 29.3 Å². The number of nitrogens with two attached hydrogens (primary N) is 1. The maximum atomic E-state index is 14.0. The van der Waals surface area contributed by atoms with Crippen LogP contribution in [0.1, 0.15) is 47.0 Å². The Morgan fingerprint density at radius 2 is 1.47 bits per heavy atom. The quantitative estimate of drug-likeness (QED) is 0.600. The van der Waals surface area contributed by atoms with Gasteiger partial charge in [0.25, 0.3) is 23.6 Å². The highest BCUT2D eigenvalue weighted by Gasteiger charge is 2.34. The van der Waals surface area contributed by atoms with Crippen LogP contribution in [0.25, 0.3) is 0 Å². The Morgan fingerprint density at radius 3 is 2.03 bits per heavy atom. The monoisotopic (exact) mass is 435 g/mol. The van der Waals surface area contributed by atoms with Crippen molar-refractivity contribution in [3.05, 3.63) is 100 Å². The topological polar surface area (TPSA) is 110 Å². The number of carbonyl (C=O) groups excluding carboxylic acids is 4. The number of hydrogen-bond donors (Lipinski definition) is 2. The summed E-state index contributed by atoms with van der Waals surface area (Å²) in [6, 6.07) is 13.8. The number of carbonyl (C=O) groups is 4. The Hall–Kier alpha value is -4.40. The smallest absolute Gasteiger partial charge is 0.261 e. The zero-order chi connectivity index (χ0) is 23.0. The second-order valence-electron chi connectivity index (χ2n) is 7.07. The summed E-state index contributed by atoms with van der Waals surface area (Å²) in [4.78, 5) is 49.7. The molecule has 0 bridgehead atoms. The standard InChI is InChI=1S/C23H15F2N3O4/c24-17-10-18(25)19(9-16(17)20(26)29)27-21(30)13-7-5-12(6-8-13)11-28-22(31)14-3-1-2-4-15(14)23(28)32/h1-10H,11H2,(H2,26,29)(H,27,30). The van der Waals surface area contributed by atoms with Crippen LogP contribution in [-0.2, 0) is 6.54 Å². The van der Waals surface area contributed by atoms with E-state index < -0.39 is 46.5 Å². The first-order chi connectivity index (χ1) is 15.3. The molecule has 0 fully saturated rings. The molecule has 0 spiro atoms. The second kappa shape index (κ2) is 8.03. The highest BCUT2D eigenvalue weighted by molar-refractivity contribution is 6.21. The predicted molar refractivity (Wildman–Crippen MR) is 110 cm³/mol. The van der Waals surface area contributed by atoms with Gasteiger partial charge in [-0.25, -0.2) is 8.78 Å². The third-order valence-electron chi connectivity index (χ3n) is 5.01. The highest BCUT2D eigenvalue weighted by atomic mass is 19.1. The zero-order valence-corrected chi connectivity index (χ0v) is 16.4. The van der Waals surface area contributed by atoms with Crippen LogP contribution in [0.5, 0.6) is 0 Å². The number of rotatable bonds is 5. The fourth-order valence-electron chi connectivity index (χ4n) is 3.35. The molecule has 160 valence electrons. The molecule has 0 saturated heterocycles. The van der Waals surface area contributed by atoms with Crippen molar-refractivity contribution in [3.8, 4) is 0 Å². The molecule has 1 aliphatic rings. The molecule has 0 aliphatic carbocycles. The van der Waals surface area contributed by atoms with Crippen LogP contribution in [0.3, 0.4) is 0 Å². The number of anilines is 1. The fourth-order valence-corrected chi connectivity index (χ4v) is 3.35. The zero-order valence-electron chi connectivity index (χ0n) is 16.4. The van der Waals surface area contributed by atoms with Gasteiger partial charge in [0.2, 0.25) is 0 Å². The van der Waals surface area contributed by atoms with Gasteiger partial charge in [-0.1, -0.05) is 24.3 Å². The van der Waals surface area contributed by atoms with Crippen LogP contribution in [0.2, 0.25) is 0 Å². The van der Waals surface area contributed by atoms with Gasteiger partial charge in [-0.05, 0) is 35.9 Å². The summed E-state index contributed by atoms with van der Waals surface area (Å²) in [5, 5.41) is 2.26. The normalized spacial score (nSPS) is 12.6. The third-order valence-corrected chi connectivity index (χ3v) is 5.01. The molecule has 0 radical (unpaired) electrons. The van der Waals surface area contributed by atoms with Crippen LogP contribution in [0.4, 0.5) is 14.5 Å². The molecular weight excluding hydrogens is 420 g/mol. The molecule has 0 unspecified atom stereocenters. The van der Waals surface area contributed by atoms with E-state index in [1.165, 1.54) is 12.1 Å². The number of fused-ring (bicyclic) bond motifs is 1. The van der Waals surface area contributed by atoms with Crippen molar-refractivity contribution < 1.29 is 28.0 Å². The lowest BCUT2D eigenvalue weighted by molar-refractivity contribution is 0.0641. The van der Waals surface area contributed by atoms with Crippen molar-refractivity contribution in [1.29, 1.82) is 0 Å². The van der Waals surface area contributed by atoms with E-state index in [0.29, 0.717) is 22.8 Å². The molecule has 0 aromatic heterocycles. The average Bonchev–Trinajstić information content (AvgIpc) is 3.01. The number of halogens is 2. The van der Waals surface area contributed by atoms with E-state index in [4.69, 9.17) is 5.73 Å². The summed E-state index contributed by atoms with van der Waals surface area (Å²) in [5.41, 5.74) is 5.49. The number of nitrogens with zero attached hydrogens (tertiary/aromatic N) is 1. The van der Waals surface area contributed by atoms with Crippen LogP contribution in [-0.4, -0.2) is 28.5 Å². The van der Waals surface area contributed by atoms with Gasteiger partial charge in [-0.2, -0.15) is 0 Å². The number of nitrogens with one attached hydrogen (secondary N) is 1. The minimum Gasteiger partial charge on any atom is -0.366 e. The van der Waals surface area contributed by atoms with Crippen LogP contribution >= 0.6 is 0 Å². The molecule has 0 atom stereocenters. The van der Waals surface area contributed by atoms with E-state index in [0.717, 1.165) is 11.0 Å². The number of benzene rings is 3. The van der Waals surface area contributed by atoms with E-state index in [9.17, 15) is 28.0 Å². The van der Waals surface area contributed by atoms with E-state index in [1.54, 1.807) is 36.4 Å². The maximum absolute atomic E-state index is 14.0. The van der Waals surface area contributed by atoms with E-state index in [-0.39, 0.29) is 12.1 Å². The minimum absolute atomic E-state index is 0.0167. The number of imide groups is 1. The molecule has 9 heteroatoms. The SMILES string of the molecule is NC(=O)c1cc(NC(=O)c2ccc(CN3C(=O)c4ccccc4C3=O)cc2)c(F)cc1F. The summed E-state index contributed by atoms with van der Waals surface area (Å²) in [6.45, 7) is 0.0167. The number of hydrogen-bond acceptors (Lipinski definition) is 4. The second-order valence-corrected chi connectivity index (χ2v) is 7.07. The van der Waals surface area contributed by atoms with Crippen molar-refractivity contribution in [2.24, 2.45) is 5.73 Å². The summed E-state index contributed by atoms with van der Waals surface area (Å²) >= 11 is 0. The number of primary amides is 1. The van der Waals surface area contributed by atoms with Crippen LogP contribution in [0, 0.1) is 11.6 Å². The largest absolute Gasteiger partial charge is 0.366 e. The van der Waals surface area contributed by atoms with Gasteiger partial charge < -0.3 is 11.1 Å². The van der Waals surface area contributed by atoms with Crippen molar-refractivity contribution in [2.75, 3.05) is 5.32 Å². The molecule has 0 saturated carbocycles. The molecule has 3 N–H and O–H groups in total. The third kappa shape index (κ3) is 3.71. The summed E-state index contributed by atoms with van der Waals surface area (Å²) in [5.74, 6) is -4.81. The lowest BCUT2D eigenvalue weighted by atomic mass is 10.1. The van der Waals surface area contributed by atoms with Gasteiger partial charge in [-0.15, -0.1) is 0 Å². The van der Waals surface area contributed by atoms with Gasteiger partial charge in [-0.3, -0.25) is 24.1 Å². The molecule has 4 amide bonds. The molecule has 1 heterocycles. The average molecular weight is 435 g/mol. The molecule has 32 heavy (non-hydrogen) atoms.